The van der Waals surface area contributed by atoms with Crippen molar-refractivity contribution < 1.29 is 13.9 Å². The van der Waals surface area contributed by atoms with E-state index in [1.54, 1.807) is 13.2 Å². The summed E-state index contributed by atoms with van der Waals surface area (Å²) in [5, 5.41) is 8.52. The minimum atomic E-state index is -0.0400. The van der Waals surface area contributed by atoms with Crippen LogP contribution in [-0.4, -0.2) is 28.8 Å². The van der Waals surface area contributed by atoms with Crippen molar-refractivity contribution in [3.63, 3.8) is 0 Å². The quantitative estimate of drug-likeness (QED) is 0.466. The molecule has 2 aromatic carbocycles. The third-order valence-electron chi connectivity index (χ3n) is 4.00. The molecule has 5 nitrogen and oxygen atoms in total. The largest absolute Gasteiger partial charge is 0.496 e. The smallest absolute Gasteiger partial charge is 0.277 e. The first-order valence-corrected chi connectivity index (χ1v) is 9.18. The minimum Gasteiger partial charge on any atom is -0.496 e. The minimum absolute atomic E-state index is 0.0400. The molecule has 26 heavy (non-hydrogen) atoms. The zero-order valence-electron chi connectivity index (χ0n) is 15.2. The van der Waals surface area contributed by atoms with Crippen molar-refractivity contribution in [3.8, 4) is 17.2 Å². The predicted octanol–water partition coefficient (Wildman–Crippen LogP) is 4.65. The second-order valence-electron chi connectivity index (χ2n) is 6.11. The van der Waals surface area contributed by atoms with Gasteiger partial charge in [0.1, 0.15) is 5.75 Å². The number of thioether (sulfide) groups is 1. The summed E-state index contributed by atoms with van der Waals surface area (Å²) in [4.78, 5) is 12.5. The van der Waals surface area contributed by atoms with E-state index in [0.29, 0.717) is 22.4 Å². The molecule has 0 saturated heterocycles. The lowest BCUT2D eigenvalue weighted by Crippen LogP contribution is -2.05. The maximum atomic E-state index is 12.5. The van der Waals surface area contributed by atoms with Crippen molar-refractivity contribution in [2.45, 2.75) is 26.0 Å². The Bertz CT molecular complexity index is 950. The third kappa shape index (κ3) is 3.96. The maximum absolute atomic E-state index is 12.5. The number of aryl methyl sites for hydroxylation is 3. The van der Waals surface area contributed by atoms with Gasteiger partial charge >= 0.3 is 0 Å². The van der Waals surface area contributed by atoms with E-state index in [1.807, 2.05) is 45.0 Å². The summed E-state index contributed by atoms with van der Waals surface area (Å²) in [7, 11) is 1.56. The molecule has 0 amide bonds. The Morgan fingerprint density at radius 1 is 1.08 bits per heavy atom. The summed E-state index contributed by atoms with van der Waals surface area (Å²) in [5.74, 6) is 1.20. The van der Waals surface area contributed by atoms with Gasteiger partial charge in [-0.2, -0.15) is 0 Å². The van der Waals surface area contributed by atoms with Crippen molar-refractivity contribution in [1.29, 1.82) is 0 Å². The van der Waals surface area contributed by atoms with E-state index in [1.165, 1.54) is 17.3 Å². The summed E-state index contributed by atoms with van der Waals surface area (Å²) in [5.41, 5.74) is 4.73. The van der Waals surface area contributed by atoms with E-state index in [2.05, 4.69) is 16.3 Å². The second kappa shape index (κ2) is 7.74. The zero-order chi connectivity index (χ0) is 18.7. The average Bonchev–Trinajstić information content (AvgIpc) is 3.08. The standard InChI is InChI=1S/C20H20N2O3S/c1-12-5-7-15(14(3)9-12)19-21-22-20(25-19)26-11-17(23)16-10-13(2)6-8-18(16)24-4/h5-10H,11H2,1-4H3. The number of aromatic nitrogens is 2. The van der Waals surface area contributed by atoms with E-state index in [0.717, 1.165) is 16.7 Å². The van der Waals surface area contributed by atoms with Crippen LogP contribution in [0.3, 0.4) is 0 Å². The number of ketones is 1. The lowest BCUT2D eigenvalue weighted by molar-refractivity contribution is 0.101. The molecule has 3 aromatic rings. The molecule has 0 fully saturated rings. The van der Waals surface area contributed by atoms with Crippen molar-refractivity contribution in [1.82, 2.24) is 10.2 Å². The molecule has 0 unspecified atom stereocenters. The zero-order valence-corrected chi connectivity index (χ0v) is 16.0. The van der Waals surface area contributed by atoms with Crippen LogP contribution in [0.25, 0.3) is 11.5 Å². The van der Waals surface area contributed by atoms with Gasteiger partial charge in [-0.1, -0.05) is 41.1 Å². The van der Waals surface area contributed by atoms with E-state index in [9.17, 15) is 4.79 Å². The summed E-state index contributed by atoms with van der Waals surface area (Å²) in [6.07, 6.45) is 0. The van der Waals surface area contributed by atoms with Crippen LogP contribution in [0.15, 0.2) is 46.0 Å². The van der Waals surface area contributed by atoms with Gasteiger partial charge in [-0.25, -0.2) is 0 Å². The van der Waals surface area contributed by atoms with Gasteiger partial charge in [0.15, 0.2) is 5.78 Å². The SMILES string of the molecule is COc1ccc(C)cc1C(=O)CSc1nnc(-c2ccc(C)cc2C)o1. The number of nitrogens with zero attached hydrogens (tertiary/aromatic N) is 2. The molecule has 0 atom stereocenters. The van der Waals surface area contributed by atoms with E-state index in [-0.39, 0.29) is 11.5 Å². The van der Waals surface area contributed by atoms with Crippen molar-refractivity contribution >= 4 is 17.5 Å². The Morgan fingerprint density at radius 3 is 2.54 bits per heavy atom. The van der Waals surface area contributed by atoms with E-state index < -0.39 is 0 Å². The maximum Gasteiger partial charge on any atom is 0.277 e. The van der Waals surface area contributed by atoms with Gasteiger partial charge in [-0.05, 0) is 44.5 Å². The number of Topliss-reactive ketones (excluding diaryl/α,β-unsaturated/α-hetero) is 1. The van der Waals surface area contributed by atoms with Gasteiger partial charge in [0, 0.05) is 5.56 Å². The third-order valence-corrected chi connectivity index (χ3v) is 4.82. The first kappa shape index (κ1) is 18.2. The summed E-state index contributed by atoms with van der Waals surface area (Å²) < 4.78 is 11.0. The predicted molar refractivity (Wildman–Crippen MR) is 102 cm³/mol. The highest BCUT2D eigenvalue weighted by Crippen LogP contribution is 2.28. The fourth-order valence-electron chi connectivity index (χ4n) is 2.68. The van der Waals surface area contributed by atoms with Gasteiger partial charge in [0.25, 0.3) is 5.22 Å². The molecule has 0 spiro atoms. The van der Waals surface area contributed by atoms with Gasteiger partial charge in [-0.3, -0.25) is 4.79 Å². The molecule has 0 bridgehead atoms. The highest BCUT2D eigenvalue weighted by molar-refractivity contribution is 7.99. The monoisotopic (exact) mass is 368 g/mol. The molecular weight excluding hydrogens is 348 g/mol. The van der Waals surface area contributed by atoms with Crippen LogP contribution in [0, 0.1) is 20.8 Å². The van der Waals surface area contributed by atoms with Gasteiger partial charge in [0.05, 0.1) is 18.4 Å². The van der Waals surface area contributed by atoms with Crippen LogP contribution in [0.2, 0.25) is 0 Å². The lowest BCUT2D eigenvalue weighted by Gasteiger charge is -2.07. The van der Waals surface area contributed by atoms with Crippen molar-refractivity contribution in [2.75, 3.05) is 12.9 Å². The Labute approximate surface area is 156 Å². The molecule has 3 rings (SSSR count). The summed E-state index contributed by atoms with van der Waals surface area (Å²) in [6.45, 7) is 5.99. The lowest BCUT2D eigenvalue weighted by atomic mass is 10.1. The fraction of sp³-hybridized carbons (Fsp3) is 0.250. The first-order valence-electron chi connectivity index (χ1n) is 8.19. The average molecular weight is 368 g/mol. The molecule has 1 heterocycles. The van der Waals surface area contributed by atoms with Crippen molar-refractivity contribution in [3.05, 3.63) is 58.7 Å². The second-order valence-corrected chi connectivity index (χ2v) is 7.03. The highest BCUT2D eigenvalue weighted by atomic mass is 32.2. The Balaban J connectivity index is 1.72. The molecule has 6 heteroatoms. The van der Waals surface area contributed by atoms with Crippen LogP contribution >= 0.6 is 11.8 Å². The number of hydrogen-bond donors (Lipinski definition) is 0. The summed E-state index contributed by atoms with van der Waals surface area (Å²) in [6, 6.07) is 11.6. The van der Waals surface area contributed by atoms with Gasteiger partial charge < -0.3 is 9.15 Å². The number of carbonyl (C=O) groups excluding carboxylic acids is 1. The van der Waals surface area contributed by atoms with Crippen LogP contribution in [0.1, 0.15) is 27.0 Å². The molecule has 0 aliphatic carbocycles. The van der Waals surface area contributed by atoms with E-state index in [4.69, 9.17) is 9.15 Å². The van der Waals surface area contributed by atoms with Crippen molar-refractivity contribution in [2.24, 2.45) is 0 Å². The van der Waals surface area contributed by atoms with Crippen LogP contribution < -0.4 is 4.74 Å². The van der Waals surface area contributed by atoms with Crippen LogP contribution in [0.5, 0.6) is 5.75 Å². The topological polar surface area (TPSA) is 65.2 Å². The van der Waals surface area contributed by atoms with Crippen LogP contribution in [0.4, 0.5) is 0 Å². The Morgan fingerprint density at radius 2 is 1.81 bits per heavy atom. The molecule has 1 aromatic heterocycles. The van der Waals surface area contributed by atoms with Gasteiger partial charge in [-0.15, -0.1) is 10.2 Å². The Kier molecular flexibility index (Phi) is 5.42. The number of ether oxygens (including phenoxy) is 1. The van der Waals surface area contributed by atoms with Crippen LogP contribution in [-0.2, 0) is 0 Å². The molecular formula is C20H20N2O3S. The number of carbonyl (C=O) groups is 1. The number of benzene rings is 2. The van der Waals surface area contributed by atoms with Gasteiger partial charge in [0.2, 0.25) is 5.89 Å². The molecule has 0 aliphatic rings. The molecule has 0 saturated carbocycles. The number of methoxy groups -OCH3 is 1. The molecule has 0 radical (unpaired) electrons. The fourth-order valence-corrected chi connectivity index (χ4v) is 3.32. The molecule has 0 aliphatic heterocycles. The summed E-state index contributed by atoms with van der Waals surface area (Å²) >= 11 is 1.23. The first-order chi connectivity index (χ1) is 12.5. The Hall–Kier alpha value is -2.60. The number of rotatable bonds is 6. The molecule has 134 valence electrons. The molecule has 0 N–H and O–H groups in total. The normalized spacial score (nSPS) is 10.8. The van der Waals surface area contributed by atoms with E-state index >= 15 is 0 Å². The highest BCUT2D eigenvalue weighted by Gasteiger charge is 2.16. The number of hydrogen-bond acceptors (Lipinski definition) is 6.